The molecule has 1 aromatic rings. The van der Waals surface area contributed by atoms with Crippen LogP contribution in [0.3, 0.4) is 0 Å². The highest BCUT2D eigenvalue weighted by Gasteiger charge is 1.99. The van der Waals surface area contributed by atoms with Gasteiger partial charge in [0.2, 0.25) is 0 Å². The van der Waals surface area contributed by atoms with Gasteiger partial charge in [-0.2, -0.15) is 0 Å². The third kappa shape index (κ3) is 1.57. The molecule has 0 amide bonds. The van der Waals surface area contributed by atoms with Gasteiger partial charge in [-0.3, -0.25) is 0 Å². The second kappa shape index (κ2) is 3.18. The Bertz CT molecular complexity index is 299. The van der Waals surface area contributed by atoms with Gasteiger partial charge in [0, 0.05) is 5.56 Å². The zero-order valence-electron chi connectivity index (χ0n) is 5.84. The SMILES string of the molecule is C#Cc1ccc(F)cc1CO. The fraction of sp³-hybridized carbons (Fsp3) is 0.111. The van der Waals surface area contributed by atoms with Gasteiger partial charge in [0.25, 0.3) is 0 Å². The fourth-order valence-corrected chi connectivity index (χ4v) is 0.834. The monoisotopic (exact) mass is 150 g/mol. The highest BCUT2D eigenvalue weighted by atomic mass is 19.1. The number of aliphatic hydroxyl groups excluding tert-OH is 1. The number of rotatable bonds is 1. The predicted molar refractivity (Wildman–Crippen MR) is 40.3 cm³/mol. The second-order valence-corrected chi connectivity index (χ2v) is 2.10. The molecule has 1 rings (SSSR count). The minimum atomic E-state index is -0.381. The van der Waals surface area contributed by atoms with Gasteiger partial charge in [0.15, 0.2) is 0 Å². The maximum Gasteiger partial charge on any atom is 0.123 e. The van der Waals surface area contributed by atoms with Crippen LogP contribution in [0, 0.1) is 18.2 Å². The molecule has 1 nitrogen and oxygen atoms in total. The molecule has 0 aliphatic heterocycles. The number of benzene rings is 1. The van der Waals surface area contributed by atoms with Crippen LogP contribution in [0.1, 0.15) is 11.1 Å². The molecule has 0 aliphatic rings. The lowest BCUT2D eigenvalue weighted by Crippen LogP contribution is -1.90. The first-order valence-electron chi connectivity index (χ1n) is 3.14. The molecule has 1 aromatic carbocycles. The van der Waals surface area contributed by atoms with E-state index < -0.39 is 0 Å². The van der Waals surface area contributed by atoms with Crippen LogP contribution in [0.5, 0.6) is 0 Å². The molecule has 2 heteroatoms. The van der Waals surface area contributed by atoms with E-state index >= 15 is 0 Å². The van der Waals surface area contributed by atoms with Gasteiger partial charge in [-0.1, -0.05) is 5.92 Å². The van der Waals surface area contributed by atoms with E-state index in [4.69, 9.17) is 11.5 Å². The lowest BCUT2D eigenvalue weighted by molar-refractivity contribution is 0.281. The summed E-state index contributed by atoms with van der Waals surface area (Å²) in [5, 5.41) is 8.71. The fourth-order valence-electron chi connectivity index (χ4n) is 0.834. The molecule has 0 heterocycles. The first-order chi connectivity index (χ1) is 5.27. The zero-order valence-corrected chi connectivity index (χ0v) is 5.84. The van der Waals surface area contributed by atoms with Crippen LogP contribution in [0.25, 0.3) is 0 Å². The van der Waals surface area contributed by atoms with E-state index in [0.717, 1.165) is 0 Å². The van der Waals surface area contributed by atoms with E-state index in [1.165, 1.54) is 18.2 Å². The average molecular weight is 150 g/mol. The van der Waals surface area contributed by atoms with Crippen LogP contribution in [-0.4, -0.2) is 5.11 Å². The van der Waals surface area contributed by atoms with Crippen molar-refractivity contribution in [1.82, 2.24) is 0 Å². The number of hydrogen-bond acceptors (Lipinski definition) is 1. The predicted octanol–water partition coefficient (Wildman–Crippen LogP) is 1.30. The Hall–Kier alpha value is -1.33. The van der Waals surface area contributed by atoms with Crippen molar-refractivity contribution in [3.63, 3.8) is 0 Å². The summed E-state index contributed by atoms with van der Waals surface area (Å²) in [6, 6.07) is 3.98. The van der Waals surface area contributed by atoms with Crippen molar-refractivity contribution < 1.29 is 9.50 Å². The minimum absolute atomic E-state index is 0.225. The van der Waals surface area contributed by atoms with Crippen LogP contribution in [-0.2, 0) is 6.61 Å². The first-order valence-corrected chi connectivity index (χ1v) is 3.14. The maximum absolute atomic E-state index is 12.5. The summed E-state index contributed by atoms with van der Waals surface area (Å²) in [5.41, 5.74) is 0.987. The molecule has 0 fully saturated rings. The molecule has 0 aliphatic carbocycles. The second-order valence-electron chi connectivity index (χ2n) is 2.10. The van der Waals surface area contributed by atoms with Crippen LogP contribution in [0.15, 0.2) is 18.2 Å². The lowest BCUT2D eigenvalue weighted by Gasteiger charge is -1.99. The smallest absolute Gasteiger partial charge is 0.123 e. The van der Waals surface area contributed by atoms with Gasteiger partial charge in [-0.25, -0.2) is 4.39 Å². The van der Waals surface area contributed by atoms with Crippen LogP contribution in [0.4, 0.5) is 4.39 Å². The van der Waals surface area contributed by atoms with Crippen LogP contribution < -0.4 is 0 Å². The Kier molecular flexibility index (Phi) is 2.25. The number of halogens is 1. The van der Waals surface area contributed by atoms with E-state index in [0.29, 0.717) is 11.1 Å². The summed E-state index contributed by atoms with van der Waals surface area (Å²) in [4.78, 5) is 0. The van der Waals surface area contributed by atoms with E-state index in [2.05, 4.69) is 5.92 Å². The van der Waals surface area contributed by atoms with E-state index in [1.807, 2.05) is 0 Å². The summed E-state index contributed by atoms with van der Waals surface area (Å²) >= 11 is 0. The molecule has 0 bridgehead atoms. The van der Waals surface area contributed by atoms with E-state index in [1.54, 1.807) is 0 Å². The molecule has 0 unspecified atom stereocenters. The van der Waals surface area contributed by atoms with Crippen molar-refractivity contribution >= 4 is 0 Å². The van der Waals surface area contributed by atoms with Gasteiger partial charge >= 0.3 is 0 Å². The Morgan fingerprint density at radius 2 is 2.27 bits per heavy atom. The number of aliphatic hydroxyl groups is 1. The summed E-state index contributed by atoms with van der Waals surface area (Å²) in [6.07, 6.45) is 5.09. The third-order valence-corrected chi connectivity index (χ3v) is 1.39. The lowest BCUT2D eigenvalue weighted by atomic mass is 10.1. The molecule has 0 saturated heterocycles. The molecule has 56 valence electrons. The summed E-state index contributed by atoms with van der Waals surface area (Å²) in [5.74, 6) is 1.97. The summed E-state index contributed by atoms with van der Waals surface area (Å²) < 4.78 is 12.5. The minimum Gasteiger partial charge on any atom is -0.392 e. The van der Waals surface area contributed by atoms with Crippen molar-refractivity contribution in [3.8, 4) is 12.3 Å². The normalized spacial score (nSPS) is 9.18. The van der Waals surface area contributed by atoms with Crippen molar-refractivity contribution in [1.29, 1.82) is 0 Å². The Morgan fingerprint density at radius 1 is 1.55 bits per heavy atom. The van der Waals surface area contributed by atoms with Gasteiger partial charge < -0.3 is 5.11 Å². The average Bonchev–Trinajstić information content (AvgIpc) is 2.04. The Labute approximate surface area is 64.5 Å². The van der Waals surface area contributed by atoms with Crippen molar-refractivity contribution in [2.24, 2.45) is 0 Å². The molecule has 0 radical (unpaired) electrons. The van der Waals surface area contributed by atoms with E-state index in [-0.39, 0.29) is 12.4 Å². The van der Waals surface area contributed by atoms with Gasteiger partial charge in [0.1, 0.15) is 5.82 Å². The Balaban J connectivity index is 3.19. The van der Waals surface area contributed by atoms with Gasteiger partial charge in [0.05, 0.1) is 6.61 Å². The molecule has 0 spiro atoms. The quantitative estimate of drug-likeness (QED) is 0.598. The molecule has 0 atom stereocenters. The molecular weight excluding hydrogens is 143 g/mol. The first kappa shape index (κ1) is 7.77. The highest BCUT2D eigenvalue weighted by Crippen LogP contribution is 2.09. The van der Waals surface area contributed by atoms with E-state index in [9.17, 15) is 4.39 Å². The largest absolute Gasteiger partial charge is 0.392 e. The number of terminal acetylenes is 1. The Morgan fingerprint density at radius 3 is 2.82 bits per heavy atom. The summed E-state index contributed by atoms with van der Waals surface area (Å²) in [7, 11) is 0. The van der Waals surface area contributed by atoms with Crippen molar-refractivity contribution in [2.75, 3.05) is 0 Å². The van der Waals surface area contributed by atoms with Gasteiger partial charge in [-0.15, -0.1) is 6.42 Å². The zero-order chi connectivity index (χ0) is 8.27. The molecule has 1 N–H and O–H groups in total. The van der Waals surface area contributed by atoms with Gasteiger partial charge in [-0.05, 0) is 23.8 Å². The van der Waals surface area contributed by atoms with Crippen LogP contribution in [0.2, 0.25) is 0 Å². The topological polar surface area (TPSA) is 20.2 Å². The maximum atomic E-state index is 12.5. The summed E-state index contributed by atoms with van der Waals surface area (Å²) in [6.45, 7) is -0.225. The van der Waals surface area contributed by atoms with Crippen molar-refractivity contribution in [2.45, 2.75) is 6.61 Å². The molecule has 0 saturated carbocycles. The highest BCUT2D eigenvalue weighted by molar-refractivity contribution is 5.39. The third-order valence-electron chi connectivity index (χ3n) is 1.39. The van der Waals surface area contributed by atoms with Crippen molar-refractivity contribution in [3.05, 3.63) is 35.1 Å². The standard InChI is InChI=1S/C9H7FO/c1-2-7-3-4-9(10)5-8(7)6-11/h1,3-5,11H,6H2. The molecular formula is C9H7FO. The number of hydrogen-bond donors (Lipinski definition) is 1. The molecule has 0 aromatic heterocycles. The molecule has 11 heavy (non-hydrogen) atoms. The van der Waals surface area contributed by atoms with Crippen LogP contribution >= 0.6 is 0 Å².